The largest absolute Gasteiger partial charge is 0.379 e. The Bertz CT molecular complexity index is 844. The molecule has 0 spiro atoms. The Balaban J connectivity index is 1.53. The molecule has 2 aromatic rings. The van der Waals surface area contributed by atoms with Crippen LogP contribution in [0.5, 0.6) is 0 Å². The van der Waals surface area contributed by atoms with Crippen LogP contribution in [0.4, 0.5) is 5.13 Å². The summed E-state index contributed by atoms with van der Waals surface area (Å²) >= 11 is 1.44. The first-order chi connectivity index (χ1) is 13.6. The van der Waals surface area contributed by atoms with Crippen LogP contribution in [0.1, 0.15) is 12.8 Å². The number of likely N-dealkylation sites (tertiary alicyclic amines) is 1. The summed E-state index contributed by atoms with van der Waals surface area (Å²) in [6, 6.07) is 7.72. The fourth-order valence-corrected chi connectivity index (χ4v) is 4.40. The fourth-order valence-electron chi connectivity index (χ4n) is 3.39. The number of thiazole rings is 1. The first-order valence-corrected chi connectivity index (χ1v) is 10.2. The number of nitrogens with zero attached hydrogens (tertiary/aromatic N) is 4. The lowest BCUT2D eigenvalue weighted by Crippen LogP contribution is -2.47. The molecule has 0 atom stereocenters. The molecule has 2 saturated heterocycles. The number of hydrogen-bond acceptors (Lipinski definition) is 7. The predicted molar refractivity (Wildman–Crippen MR) is 105 cm³/mol. The van der Waals surface area contributed by atoms with Crippen LogP contribution in [-0.2, 0) is 19.1 Å². The molecule has 0 N–H and O–H groups in total. The Labute approximate surface area is 166 Å². The van der Waals surface area contributed by atoms with Crippen LogP contribution >= 0.6 is 11.3 Å². The maximum Gasteiger partial charge on any atom is 0.248 e. The van der Waals surface area contributed by atoms with Crippen molar-refractivity contribution in [3.05, 3.63) is 24.3 Å². The topological polar surface area (TPSA) is 83.1 Å². The number of ether oxygens (including phenoxy) is 1. The minimum atomic E-state index is -0.282. The van der Waals surface area contributed by atoms with Gasteiger partial charge in [0.15, 0.2) is 5.13 Å². The molecular weight excluding hydrogens is 380 g/mol. The third-order valence-electron chi connectivity index (χ3n) is 5.01. The number of amides is 3. The van der Waals surface area contributed by atoms with E-state index in [1.54, 1.807) is 4.90 Å². The van der Waals surface area contributed by atoms with E-state index in [-0.39, 0.29) is 37.1 Å². The highest BCUT2D eigenvalue weighted by Gasteiger charge is 2.33. The number of fused-ring (bicyclic) bond motifs is 1. The SMILES string of the molecule is O=C1CCC(=O)N1CC(=O)N(CCN1CCOCC1)c1nc2ccccc2s1. The van der Waals surface area contributed by atoms with Gasteiger partial charge in [0.1, 0.15) is 6.54 Å². The lowest BCUT2D eigenvalue weighted by Gasteiger charge is -2.29. The quantitative estimate of drug-likeness (QED) is 0.673. The molecule has 1 aromatic carbocycles. The van der Waals surface area contributed by atoms with Crippen molar-refractivity contribution in [3.8, 4) is 0 Å². The summed E-state index contributed by atoms with van der Waals surface area (Å²) in [6.45, 7) is 3.94. The van der Waals surface area contributed by atoms with Gasteiger partial charge in [-0.05, 0) is 12.1 Å². The first kappa shape index (κ1) is 19.0. The summed E-state index contributed by atoms with van der Waals surface area (Å²) < 4.78 is 6.37. The van der Waals surface area contributed by atoms with Crippen molar-refractivity contribution in [1.82, 2.24) is 14.8 Å². The van der Waals surface area contributed by atoms with Gasteiger partial charge < -0.3 is 4.74 Å². The van der Waals surface area contributed by atoms with Crippen molar-refractivity contribution in [3.63, 3.8) is 0 Å². The van der Waals surface area contributed by atoms with E-state index < -0.39 is 0 Å². The van der Waals surface area contributed by atoms with Crippen LogP contribution in [0, 0.1) is 0 Å². The maximum absolute atomic E-state index is 13.0. The molecule has 8 nitrogen and oxygen atoms in total. The second-order valence-electron chi connectivity index (χ2n) is 6.84. The van der Waals surface area contributed by atoms with E-state index in [1.165, 1.54) is 11.3 Å². The number of aromatic nitrogens is 1. The Hall–Kier alpha value is -2.36. The van der Waals surface area contributed by atoms with Crippen molar-refractivity contribution >= 4 is 44.4 Å². The molecule has 0 aliphatic carbocycles. The number of para-hydroxylation sites is 1. The summed E-state index contributed by atoms with van der Waals surface area (Å²) in [5.74, 6) is -0.845. The number of morpholine rings is 1. The second-order valence-corrected chi connectivity index (χ2v) is 7.85. The van der Waals surface area contributed by atoms with Gasteiger partial charge in [-0.3, -0.25) is 29.1 Å². The molecule has 4 rings (SSSR count). The van der Waals surface area contributed by atoms with Crippen molar-refractivity contribution in [2.24, 2.45) is 0 Å². The molecular formula is C19H22N4O4S. The van der Waals surface area contributed by atoms with Crippen LogP contribution in [-0.4, -0.2) is 78.4 Å². The summed E-state index contributed by atoms with van der Waals surface area (Å²) in [5.41, 5.74) is 0.833. The average Bonchev–Trinajstić information content (AvgIpc) is 3.27. The van der Waals surface area contributed by atoms with E-state index in [9.17, 15) is 14.4 Å². The molecule has 0 unspecified atom stereocenters. The van der Waals surface area contributed by atoms with Crippen LogP contribution in [0.25, 0.3) is 10.2 Å². The van der Waals surface area contributed by atoms with E-state index in [2.05, 4.69) is 9.88 Å². The smallest absolute Gasteiger partial charge is 0.248 e. The van der Waals surface area contributed by atoms with E-state index in [0.717, 1.165) is 28.2 Å². The van der Waals surface area contributed by atoms with Gasteiger partial charge in [0.2, 0.25) is 17.7 Å². The minimum Gasteiger partial charge on any atom is -0.379 e. The third kappa shape index (κ3) is 4.06. The third-order valence-corrected chi connectivity index (χ3v) is 6.07. The standard InChI is InChI=1S/C19H22N4O4S/c24-16-5-6-17(25)23(16)13-18(26)22(8-7-21-9-11-27-12-10-21)19-20-14-3-1-2-4-15(14)28-19/h1-4H,5-13H2. The van der Waals surface area contributed by atoms with Crippen molar-refractivity contribution < 1.29 is 19.1 Å². The van der Waals surface area contributed by atoms with Crippen LogP contribution in [0.2, 0.25) is 0 Å². The first-order valence-electron chi connectivity index (χ1n) is 9.41. The van der Waals surface area contributed by atoms with Gasteiger partial charge in [-0.15, -0.1) is 0 Å². The van der Waals surface area contributed by atoms with Gasteiger partial charge in [0, 0.05) is 39.0 Å². The molecule has 2 fully saturated rings. The molecule has 3 heterocycles. The van der Waals surface area contributed by atoms with Crippen LogP contribution in [0.3, 0.4) is 0 Å². The van der Waals surface area contributed by atoms with E-state index >= 15 is 0 Å². The summed E-state index contributed by atoms with van der Waals surface area (Å²) in [7, 11) is 0. The molecule has 148 valence electrons. The van der Waals surface area contributed by atoms with Crippen molar-refractivity contribution in [2.75, 3.05) is 50.8 Å². The van der Waals surface area contributed by atoms with Gasteiger partial charge in [-0.25, -0.2) is 4.98 Å². The second kappa shape index (κ2) is 8.34. The maximum atomic E-state index is 13.0. The summed E-state index contributed by atoms with van der Waals surface area (Å²) in [6.07, 6.45) is 0.363. The number of carbonyl (C=O) groups excluding carboxylic acids is 3. The molecule has 3 amide bonds. The van der Waals surface area contributed by atoms with E-state index in [0.29, 0.717) is 31.4 Å². The number of hydrogen-bond donors (Lipinski definition) is 0. The lowest BCUT2D eigenvalue weighted by molar-refractivity contribution is -0.141. The zero-order chi connectivity index (χ0) is 19.5. The van der Waals surface area contributed by atoms with Gasteiger partial charge in [-0.1, -0.05) is 23.5 Å². The number of carbonyl (C=O) groups is 3. The minimum absolute atomic E-state index is 0.182. The number of rotatable bonds is 6. The monoisotopic (exact) mass is 402 g/mol. The molecule has 1 aromatic heterocycles. The molecule has 0 bridgehead atoms. The van der Waals surface area contributed by atoms with E-state index in [1.807, 2.05) is 24.3 Å². The van der Waals surface area contributed by atoms with Gasteiger partial charge in [-0.2, -0.15) is 0 Å². The molecule has 0 saturated carbocycles. The molecule has 2 aliphatic heterocycles. The molecule has 9 heteroatoms. The van der Waals surface area contributed by atoms with Gasteiger partial charge >= 0.3 is 0 Å². The Kier molecular flexibility index (Phi) is 5.65. The average molecular weight is 402 g/mol. The zero-order valence-electron chi connectivity index (χ0n) is 15.5. The number of imide groups is 1. The number of benzene rings is 1. The highest BCUT2D eigenvalue weighted by molar-refractivity contribution is 7.22. The van der Waals surface area contributed by atoms with Crippen LogP contribution in [0.15, 0.2) is 24.3 Å². The predicted octanol–water partition coefficient (Wildman–Crippen LogP) is 1.11. The highest BCUT2D eigenvalue weighted by Crippen LogP contribution is 2.29. The highest BCUT2D eigenvalue weighted by atomic mass is 32.1. The summed E-state index contributed by atoms with van der Waals surface area (Å²) in [5, 5.41) is 0.596. The fraction of sp³-hybridized carbons (Fsp3) is 0.474. The van der Waals surface area contributed by atoms with Gasteiger partial charge in [0.25, 0.3) is 0 Å². The Morgan fingerprint density at radius 3 is 2.57 bits per heavy atom. The molecule has 2 aliphatic rings. The number of anilines is 1. The van der Waals surface area contributed by atoms with Crippen molar-refractivity contribution in [1.29, 1.82) is 0 Å². The molecule has 28 heavy (non-hydrogen) atoms. The normalized spacial score (nSPS) is 18.2. The van der Waals surface area contributed by atoms with Gasteiger partial charge in [0.05, 0.1) is 23.4 Å². The van der Waals surface area contributed by atoms with Crippen LogP contribution < -0.4 is 4.90 Å². The zero-order valence-corrected chi connectivity index (χ0v) is 16.3. The lowest BCUT2D eigenvalue weighted by atomic mass is 10.3. The Morgan fingerprint density at radius 2 is 1.86 bits per heavy atom. The van der Waals surface area contributed by atoms with Crippen molar-refractivity contribution in [2.45, 2.75) is 12.8 Å². The summed E-state index contributed by atoms with van der Waals surface area (Å²) in [4.78, 5) is 46.4. The molecule has 0 radical (unpaired) electrons. The Morgan fingerprint density at radius 1 is 1.14 bits per heavy atom. The van der Waals surface area contributed by atoms with E-state index in [4.69, 9.17) is 4.74 Å².